The summed E-state index contributed by atoms with van der Waals surface area (Å²) in [5.74, 6) is 0.340. The van der Waals surface area contributed by atoms with Crippen LogP contribution in [0, 0.1) is 13.8 Å². The van der Waals surface area contributed by atoms with Gasteiger partial charge in [0.2, 0.25) is 10.0 Å². The molecular weight excluding hydrogens is 370 g/mol. The van der Waals surface area contributed by atoms with Crippen molar-refractivity contribution in [2.45, 2.75) is 24.8 Å². The monoisotopic (exact) mass is 391 g/mol. The number of nitrogens with one attached hydrogen (secondary N) is 1. The lowest BCUT2D eigenvalue weighted by Gasteiger charge is -2.18. The third-order valence-corrected chi connectivity index (χ3v) is 6.67. The molecule has 1 N–H and O–H groups in total. The van der Waals surface area contributed by atoms with E-state index in [4.69, 9.17) is 4.74 Å². The fraction of sp³-hybridized carbons (Fsp3) is 0.278. The summed E-state index contributed by atoms with van der Waals surface area (Å²) >= 11 is 1.57. The highest BCUT2D eigenvalue weighted by Crippen LogP contribution is 2.28. The van der Waals surface area contributed by atoms with Gasteiger partial charge in [-0.05, 0) is 54.6 Å². The molecule has 0 aliphatic carbocycles. The minimum absolute atomic E-state index is 0.147. The van der Waals surface area contributed by atoms with E-state index in [-0.39, 0.29) is 17.5 Å². The molecule has 3 aromatic rings. The highest BCUT2D eigenvalue weighted by molar-refractivity contribution is 7.89. The van der Waals surface area contributed by atoms with Crippen molar-refractivity contribution < 1.29 is 13.2 Å². The van der Waals surface area contributed by atoms with Gasteiger partial charge in [-0.1, -0.05) is 6.07 Å². The first-order valence-corrected chi connectivity index (χ1v) is 10.5. The molecule has 1 aromatic carbocycles. The Hall–Kier alpha value is -2.16. The lowest BCUT2D eigenvalue weighted by molar-refractivity contribution is 0.401. The van der Waals surface area contributed by atoms with Crippen molar-refractivity contribution in [3.05, 3.63) is 64.1 Å². The van der Waals surface area contributed by atoms with Crippen LogP contribution in [0.2, 0.25) is 0 Å². The van der Waals surface area contributed by atoms with Crippen molar-refractivity contribution in [1.29, 1.82) is 0 Å². The van der Waals surface area contributed by atoms with Gasteiger partial charge in [-0.25, -0.2) is 13.1 Å². The number of sulfonamides is 1. The number of thiophene rings is 1. The molecule has 0 radical (unpaired) electrons. The zero-order valence-corrected chi connectivity index (χ0v) is 16.5. The van der Waals surface area contributed by atoms with Gasteiger partial charge in [-0.3, -0.25) is 4.68 Å². The summed E-state index contributed by atoms with van der Waals surface area (Å²) in [6, 6.07) is 8.91. The molecule has 2 aromatic heterocycles. The fourth-order valence-corrected chi connectivity index (χ4v) is 4.76. The summed E-state index contributed by atoms with van der Waals surface area (Å²) in [5, 5.41) is 6.23. The Morgan fingerprint density at radius 3 is 2.65 bits per heavy atom. The van der Waals surface area contributed by atoms with Crippen molar-refractivity contribution in [3.8, 4) is 5.75 Å². The van der Waals surface area contributed by atoms with Gasteiger partial charge in [0.05, 0.1) is 13.2 Å². The number of rotatable bonds is 7. The predicted molar refractivity (Wildman–Crippen MR) is 102 cm³/mol. The molecule has 26 heavy (non-hydrogen) atoms. The van der Waals surface area contributed by atoms with Crippen LogP contribution in [0.1, 0.15) is 22.0 Å². The Balaban J connectivity index is 1.89. The Labute approximate surface area is 157 Å². The van der Waals surface area contributed by atoms with Gasteiger partial charge in [0.25, 0.3) is 0 Å². The number of aryl methyl sites for hydroxylation is 2. The molecule has 0 fully saturated rings. The maximum absolute atomic E-state index is 12.9. The van der Waals surface area contributed by atoms with E-state index in [1.165, 1.54) is 7.11 Å². The van der Waals surface area contributed by atoms with Crippen LogP contribution in [0.5, 0.6) is 5.75 Å². The van der Waals surface area contributed by atoms with Crippen molar-refractivity contribution >= 4 is 21.4 Å². The van der Waals surface area contributed by atoms with Gasteiger partial charge >= 0.3 is 0 Å². The van der Waals surface area contributed by atoms with Gasteiger partial charge in [0.15, 0.2) is 0 Å². The lowest BCUT2D eigenvalue weighted by atomic mass is 10.1. The Bertz CT molecular complexity index is 931. The van der Waals surface area contributed by atoms with Gasteiger partial charge in [-0.2, -0.15) is 5.10 Å². The van der Waals surface area contributed by atoms with Crippen molar-refractivity contribution in [1.82, 2.24) is 14.5 Å². The topological polar surface area (TPSA) is 73.2 Å². The third-order valence-electron chi connectivity index (χ3n) is 4.25. The highest BCUT2D eigenvalue weighted by Gasteiger charge is 2.24. The van der Waals surface area contributed by atoms with Crippen LogP contribution in [-0.4, -0.2) is 31.9 Å². The molecule has 6 nitrogen and oxygen atoms in total. The molecule has 0 saturated heterocycles. The van der Waals surface area contributed by atoms with Crippen LogP contribution in [0.25, 0.3) is 0 Å². The number of hydrogen-bond donors (Lipinski definition) is 1. The molecular formula is C18H21N3O3S2. The lowest BCUT2D eigenvalue weighted by Crippen LogP contribution is -2.31. The molecule has 1 unspecified atom stereocenters. The number of methoxy groups -OCH3 is 1. The van der Waals surface area contributed by atoms with E-state index in [9.17, 15) is 8.42 Å². The van der Waals surface area contributed by atoms with Crippen LogP contribution in [-0.2, 0) is 10.0 Å². The summed E-state index contributed by atoms with van der Waals surface area (Å²) in [4.78, 5) is 1.18. The smallest absolute Gasteiger partial charge is 0.244 e. The van der Waals surface area contributed by atoms with Crippen LogP contribution in [0.3, 0.4) is 0 Å². The zero-order valence-electron chi connectivity index (χ0n) is 14.8. The molecule has 0 bridgehead atoms. The van der Waals surface area contributed by atoms with Gasteiger partial charge in [0, 0.05) is 23.8 Å². The first-order chi connectivity index (χ1) is 12.4. The summed E-state index contributed by atoms with van der Waals surface area (Å²) in [6.07, 6.45) is 3.51. The van der Waals surface area contributed by atoms with Crippen molar-refractivity contribution in [3.63, 3.8) is 0 Å². The Kier molecular flexibility index (Phi) is 5.45. The maximum Gasteiger partial charge on any atom is 0.244 e. The highest BCUT2D eigenvalue weighted by atomic mass is 32.2. The average molecular weight is 392 g/mol. The summed E-state index contributed by atoms with van der Waals surface area (Å²) in [7, 11) is -2.26. The number of nitrogens with zero attached hydrogens (tertiary/aromatic N) is 2. The molecule has 138 valence electrons. The van der Waals surface area contributed by atoms with Crippen LogP contribution < -0.4 is 9.46 Å². The Morgan fingerprint density at radius 2 is 2.04 bits per heavy atom. The number of ether oxygens (including phenoxy) is 1. The molecule has 1 atom stereocenters. The minimum atomic E-state index is -3.73. The van der Waals surface area contributed by atoms with E-state index < -0.39 is 10.0 Å². The largest absolute Gasteiger partial charge is 0.495 e. The molecule has 0 spiro atoms. The summed E-state index contributed by atoms with van der Waals surface area (Å²) < 4.78 is 35.6. The molecule has 0 aliphatic rings. The SMILES string of the molecule is COc1cc(C)c(C)cc1S(=O)(=O)NCC(c1cccs1)n1cccn1. The van der Waals surface area contributed by atoms with E-state index in [1.807, 2.05) is 43.6 Å². The molecule has 0 saturated carbocycles. The van der Waals surface area contributed by atoms with Gasteiger partial charge in [-0.15, -0.1) is 11.3 Å². The maximum atomic E-state index is 12.9. The van der Waals surface area contributed by atoms with Crippen LogP contribution >= 0.6 is 11.3 Å². The van der Waals surface area contributed by atoms with Gasteiger partial charge < -0.3 is 4.74 Å². The number of aromatic nitrogens is 2. The average Bonchev–Trinajstić information content (AvgIpc) is 3.31. The van der Waals surface area contributed by atoms with Crippen LogP contribution in [0.4, 0.5) is 0 Å². The summed E-state index contributed by atoms with van der Waals surface area (Å²) in [6.45, 7) is 4.00. The molecule has 8 heteroatoms. The molecule has 0 aliphatic heterocycles. The second-order valence-corrected chi connectivity index (χ2v) is 8.67. The van der Waals surface area contributed by atoms with E-state index in [1.54, 1.807) is 34.3 Å². The van der Waals surface area contributed by atoms with Crippen molar-refractivity contribution in [2.24, 2.45) is 0 Å². The first-order valence-electron chi connectivity index (χ1n) is 8.10. The minimum Gasteiger partial charge on any atom is -0.495 e. The quantitative estimate of drug-likeness (QED) is 0.672. The predicted octanol–water partition coefficient (Wildman–Crippen LogP) is 3.14. The zero-order chi connectivity index (χ0) is 18.7. The third kappa shape index (κ3) is 3.82. The van der Waals surface area contributed by atoms with Crippen LogP contribution in [0.15, 0.2) is 53.0 Å². The van der Waals surface area contributed by atoms with Gasteiger partial charge in [0.1, 0.15) is 10.6 Å². The first kappa shape index (κ1) is 18.6. The number of benzene rings is 1. The number of hydrogen-bond acceptors (Lipinski definition) is 5. The second kappa shape index (κ2) is 7.61. The molecule has 0 amide bonds. The van der Waals surface area contributed by atoms with Crippen molar-refractivity contribution in [2.75, 3.05) is 13.7 Å². The van der Waals surface area contributed by atoms with E-state index >= 15 is 0 Å². The Morgan fingerprint density at radius 1 is 1.27 bits per heavy atom. The fourth-order valence-electron chi connectivity index (χ4n) is 2.67. The van der Waals surface area contributed by atoms with E-state index in [0.29, 0.717) is 5.75 Å². The standard InChI is InChI=1S/C18H21N3O3S2/c1-13-10-16(24-3)18(11-14(13)2)26(22,23)20-12-15(17-6-4-9-25-17)21-8-5-7-19-21/h4-11,15,20H,12H2,1-3H3. The van der Waals surface area contributed by atoms with E-state index in [0.717, 1.165) is 16.0 Å². The summed E-state index contributed by atoms with van der Waals surface area (Å²) in [5.41, 5.74) is 1.88. The normalized spacial score (nSPS) is 12.9. The molecule has 3 rings (SSSR count). The molecule has 2 heterocycles. The van der Waals surface area contributed by atoms with E-state index in [2.05, 4.69) is 9.82 Å². The second-order valence-electron chi connectivity index (χ2n) is 5.96.